The van der Waals surface area contributed by atoms with E-state index in [2.05, 4.69) is 10.3 Å². The molecule has 1 aromatic rings. The molecule has 1 aromatic heterocycles. The summed E-state index contributed by atoms with van der Waals surface area (Å²) in [5.74, 6) is -0.0615. The van der Waals surface area contributed by atoms with E-state index in [1.54, 1.807) is 23.6 Å². The Balaban J connectivity index is 2.53. The molecule has 0 radical (unpaired) electrons. The number of nitrogens with zero attached hydrogens (tertiary/aromatic N) is 1. The van der Waals surface area contributed by atoms with Crippen LogP contribution in [0.2, 0.25) is 0 Å². The molecule has 0 fully saturated rings. The molecule has 0 bridgehead atoms. The van der Waals surface area contributed by atoms with Crippen molar-refractivity contribution in [1.82, 2.24) is 10.3 Å². The zero-order valence-electron chi connectivity index (χ0n) is 7.70. The van der Waals surface area contributed by atoms with Crippen LogP contribution in [0.15, 0.2) is 12.3 Å². The average Bonchev–Trinajstić information content (AvgIpc) is 2.49. The minimum absolute atomic E-state index is 0.0615. The first kappa shape index (κ1) is 9.92. The highest BCUT2D eigenvalue weighted by atomic mass is 32.1. The molecular formula is C9H12N2OS. The van der Waals surface area contributed by atoms with Crippen molar-refractivity contribution < 1.29 is 4.79 Å². The van der Waals surface area contributed by atoms with Gasteiger partial charge in [-0.3, -0.25) is 4.79 Å². The third-order valence-corrected chi connectivity index (χ3v) is 2.27. The molecule has 0 aromatic carbocycles. The van der Waals surface area contributed by atoms with Gasteiger partial charge in [-0.1, -0.05) is 0 Å². The van der Waals surface area contributed by atoms with Crippen LogP contribution in [-0.2, 0) is 4.79 Å². The monoisotopic (exact) mass is 196 g/mol. The molecule has 0 aliphatic heterocycles. The number of likely N-dealkylation sites (N-methyl/N-ethyl adjacent to an activating group) is 1. The van der Waals surface area contributed by atoms with E-state index < -0.39 is 0 Å². The minimum Gasteiger partial charge on any atom is -0.353 e. The Morgan fingerprint density at radius 3 is 3.08 bits per heavy atom. The molecule has 0 spiro atoms. The molecule has 0 aliphatic rings. The Hall–Kier alpha value is -1.16. The number of carbonyl (C=O) groups is 1. The Morgan fingerprint density at radius 1 is 1.77 bits per heavy atom. The van der Waals surface area contributed by atoms with E-state index in [-0.39, 0.29) is 5.91 Å². The van der Waals surface area contributed by atoms with Crippen molar-refractivity contribution in [3.63, 3.8) is 0 Å². The zero-order chi connectivity index (χ0) is 9.68. The maximum atomic E-state index is 11.0. The van der Waals surface area contributed by atoms with Gasteiger partial charge in [0.2, 0.25) is 5.91 Å². The molecule has 0 atom stereocenters. The molecule has 0 aliphatic carbocycles. The van der Waals surface area contributed by atoms with Gasteiger partial charge >= 0.3 is 0 Å². The van der Waals surface area contributed by atoms with E-state index in [0.717, 1.165) is 9.88 Å². The predicted octanol–water partition coefficient (Wildman–Crippen LogP) is 1.60. The molecule has 0 saturated carbocycles. The van der Waals surface area contributed by atoms with Crippen LogP contribution < -0.4 is 5.32 Å². The molecule has 70 valence electrons. The standard InChI is InChI=1S/C9H12N2OS/c1-3-10-9(12)5-4-8-6-11-7(2)13-8/h4-6H,3H2,1-2H3,(H,10,12)/b5-4+. The lowest BCUT2D eigenvalue weighted by molar-refractivity contribution is -0.116. The first-order valence-electron chi connectivity index (χ1n) is 4.10. The van der Waals surface area contributed by atoms with Crippen molar-refractivity contribution in [2.75, 3.05) is 6.54 Å². The number of rotatable bonds is 3. The summed E-state index contributed by atoms with van der Waals surface area (Å²) < 4.78 is 0. The Bertz CT molecular complexity index is 317. The first-order valence-corrected chi connectivity index (χ1v) is 4.92. The summed E-state index contributed by atoms with van der Waals surface area (Å²) in [5, 5.41) is 3.69. The van der Waals surface area contributed by atoms with Crippen LogP contribution in [0, 0.1) is 6.92 Å². The van der Waals surface area contributed by atoms with Gasteiger partial charge in [0.1, 0.15) is 0 Å². The quantitative estimate of drug-likeness (QED) is 0.746. The molecule has 1 rings (SSSR count). The smallest absolute Gasteiger partial charge is 0.244 e. The van der Waals surface area contributed by atoms with Gasteiger partial charge in [0.25, 0.3) is 0 Å². The van der Waals surface area contributed by atoms with Gasteiger partial charge in [-0.15, -0.1) is 11.3 Å². The summed E-state index contributed by atoms with van der Waals surface area (Å²) in [6.07, 6.45) is 5.06. The van der Waals surface area contributed by atoms with Crippen molar-refractivity contribution in [2.45, 2.75) is 13.8 Å². The van der Waals surface area contributed by atoms with E-state index in [4.69, 9.17) is 0 Å². The molecule has 1 amide bonds. The van der Waals surface area contributed by atoms with E-state index >= 15 is 0 Å². The number of hydrogen-bond acceptors (Lipinski definition) is 3. The van der Waals surface area contributed by atoms with Gasteiger partial charge in [0, 0.05) is 23.7 Å². The van der Waals surface area contributed by atoms with E-state index in [1.807, 2.05) is 13.8 Å². The highest BCUT2D eigenvalue weighted by Gasteiger charge is 1.94. The lowest BCUT2D eigenvalue weighted by Gasteiger charge is -1.92. The van der Waals surface area contributed by atoms with Crippen LogP contribution in [0.1, 0.15) is 16.8 Å². The fraction of sp³-hybridized carbons (Fsp3) is 0.333. The molecule has 0 unspecified atom stereocenters. The predicted molar refractivity (Wildman–Crippen MR) is 54.6 cm³/mol. The SMILES string of the molecule is CCNC(=O)/C=C/c1cnc(C)s1. The fourth-order valence-corrected chi connectivity index (χ4v) is 1.53. The Morgan fingerprint density at radius 2 is 2.54 bits per heavy atom. The number of carbonyl (C=O) groups excluding carboxylic acids is 1. The average molecular weight is 196 g/mol. The van der Waals surface area contributed by atoms with Crippen LogP contribution >= 0.6 is 11.3 Å². The second-order valence-electron chi connectivity index (χ2n) is 2.51. The van der Waals surface area contributed by atoms with E-state index in [0.29, 0.717) is 6.54 Å². The van der Waals surface area contributed by atoms with Crippen LogP contribution in [0.4, 0.5) is 0 Å². The van der Waals surface area contributed by atoms with E-state index in [9.17, 15) is 4.79 Å². The van der Waals surface area contributed by atoms with Gasteiger partial charge in [-0.2, -0.15) is 0 Å². The summed E-state index contributed by atoms with van der Waals surface area (Å²) >= 11 is 1.57. The maximum absolute atomic E-state index is 11.0. The summed E-state index contributed by atoms with van der Waals surface area (Å²) in [6, 6.07) is 0. The summed E-state index contributed by atoms with van der Waals surface area (Å²) in [5.41, 5.74) is 0. The number of aromatic nitrogens is 1. The minimum atomic E-state index is -0.0615. The molecule has 1 heterocycles. The van der Waals surface area contributed by atoms with E-state index in [1.165, 1.54) is 6.08 Å². The third-order valence-electron chi connectivity index (χ3n) is 1.39. The summed E-state index contributed by atoms with van der Waals surface area (Å²) in [4.78, 5) is 16.1. The normalized spacial score (nSPS) is 10.6. The largest absolute Gasteiger partial charge is 0.353 e. The molecular weight excluding hydrogens is 184 g/mol. The molecule has 1 N–H and O–H groups in total. The van der Waals surface area contributed by atoms with Crippen LogP contribution in [0.5, 0.6) is 0 Å². The molecule has 4 heteroatoms. The summed E-state index contributed by atoms with van der Waals surface area (Å²) in [7, 11) is 0. The number of amides is 1. The topological polar surface area (TPSA) is 42.0 Å². The van der Waals surface area contributed by atoms with Crippen molar-refractivity contribution >= 4 is 23.3 Å². The second kappa shape index (κ2) is 4.77. The first-order chi connectivity index (χ1) is 6.22. The number of hydrogen-bond donors (Lipinski definition) is 1. The highest BCUT2D eigenvalue weighted by molar-refractivity contribution is 7.12. The maximum Gasteiger partial charge on any atom is 0.244 e. The van der Waals surface area contributed by atoms with Gasteiger partial charge in [-0.25, -0.2) is 4.98 Å². The van der Waals surface area contributed by atoms with Crippen molar-refractivity contribution in [3.05, 3.63) is 22.2 Å². The van der Waals surface area contributed by atoms with Gasteiger partial charge in [-0.05, 0) is 19.9 Å². The van der Waals surface area contributed by atoms with Crippen LogP contribution in [0.25, 0.3) is 6.08 Å². The van der Waals surface area contributed by atoms with Gasteiger partial charge < -0.3 is 5.32 Å². The van der Waals surface area contributed by atoms with Crippen molar-refractivity contribution in [3.8, 4) is 0 Å². The lowest BCUT2D eigenvalue weighted by atomic mass is 10.4. The lowest BCUT2D eigenvalue weighted by Crippen LogP contribution is -2.19. The fourth-order valence-electron chi connectivity index (χ4n) is 0.846. The number of nitrogens with one attached hydrogen (secondary N) is 1. The number of thiazole rings is 1. The highest BCUT2D eigenvalue weighted by Crippen LogP contribution is 2.12. The van der Waals surface area contributed by atoms with Crippen molar-refractivity contribution in [1.29, 1.82) is 0 Å². The van der Waals surface area contributed by atoms with Gasteiger partial charge in [0.05, 0.1) is 5.01 Å². The van der Waals surface area contributed by atoms with Crippen molar-refractivity contribution in [2.24, 2.45) is 0 Å². The Labute approximate surface area is 81.5 Å². The molecule has 3 nitrogen and oxygen atoms in total. The van der Waals surface area contributed by atoms with Crippen LogP contribution in [-0.4, -0.2) is 17.4 Å². The summed E-state index contributed by atoms with van der Waals surface area (Å²) in [6.45, 7) is 4.49. The molecule has 0 saturated heterocycles. The second-order valence-corrected chi connectivity index (χ2v) is 3.78. The van der Waals surface area contributed by atoms with Gasteiger partial charge in [0.15, 0.2) is 0 Å². The van der Waals surface area contributed by atoms with Crippen LogP contribution in [0.3, 0.4) is 0 Å². The third kappa shape index (κ3) is 3.38. The Kier molecular flexibility index (Phi) is 3.64. The molecule has 13 heavy (non-hydrogen) atoms. The zero-order valence-corrected chi connectivity index (χ0v) is 8.52. The number of aryl methyl sites for hydroxylation is 1.